The Balaban J connectivity index is 0.754. The Hall–Kier alpha value is -4.66. The lowest BCUT2D eigenvalue weighted by Crippen LogP contribution is -2.70. The lowest BCUT2D eigenvalue weighted by Gasteiger charge is -2.54. The summed E-state index contributed by atoms with van der Waals surface area (Å²) in [4.78, 5) is 70.6. The van der Waals surface area contributed by atoms with Crippen molar-refractivity contribution >= 4 is 41.1 Å². The highest BCUT2D eigenvalue weighted by Crippen LogP contribution is 2.58. The second-order valence-corrected chi connectivity index (χ2v) is 24.7. The Morgan fingerprint density at radius 2 is 1.65 bits per heavy atom. The number of aliphatic hydroxyl groups excluding tert-OH is 1. The molecule has 2 spiro atoms. The van der Waals surface area contributed by atoms with Crippen molar-refractivity contribution in [1.29, 1.82) is 0 Å². The zero-order valence-corrected chi connectivity index (χ0v) is 47.0. The van der Waals surface area contributed by atoms with Gasteiger partial charge in [-0.3, -0.25) is 19.4 Å². The SMILES string of the molecule is C=C1C[C@@H]2CC[C@@]34C[C@H]5OC6C(O[C@H]7CC[C@@H]8CC(=O)C[C@@H]9[C@@H](OC)[C@@H](C[C@H](O)CNC(=O)OCc%10ccc(NC(=O)[C@H](CCCNC(N)=O)NC(=O)[C@@H](N)C(C)C)cc%10)O[C@H]9C[C@H]9O[C@@H](CC[C@@H]1O2)C[C@@H](C)/C9=N/[C@@]7(O8)[C@@H]6O3)[C@H]5O4. The average molecular weight is 1130 g/mol. The number of hydrogen-bond donors (Lipinski definition) is 7. The molecule has 12 aliphatic heterocycles. The zero-order chi connectivity index (χ0) is 56.9. The van der Waals surface area contributed by atoms with E-state index in [1.165, 1.54) is 0 Å². The standard InChI is InChI=1S/C58H83N7O16/c1-28(2)46(59)54(69)64-39(7-6-18-61-55(60)70)53(68)63-32-10-8-31(9-11-32)27-73-56(71)62-26-34(67)23-43-48(72-5)38-22-33(66)21-37-13-15-45-58(79-37)52-51-50(78-45)49-44(77-51)25-57(80-49,81-52)17-16-36-19-29(3)40(74-36)14-12-35-20-30(4)47(65-58)42(75-35)24-41(38)76-43/h8-11,28,30,34-46,48-52,67H,3,6-7,12-27,59H2,1-2,4-5H3,(H,62,71)(H,63,68)(H,64,69)(H3,60,61,70)/b65-47-/t30-,34+,35+,36+,37-,38+,39+,40+,41+,42-,43-,44-,45+,46+,48-,49+,50?,51?,52-,57+,58+/m1/s1. The van der Waals surface area contributed by atoms with Crippen LogP contribution in [0.3, 0.4) is 0 Å². The topological polar surface area (TPSA) is 310 Å². The molecule has 0 aliphatic carbocycles. The smallest absolute Gasteiger partial charge is 0.407 e. The molecule has 9 fully saturated rings. The second kappa shape index (κ2) is 24.1. The lowest BCUT2D eigenvalue weighted by atomic mass is 9.79. The van der Waals surface area contributed by atoms with Gasteiger partial charge in [0, 0.05) is 76.0 Å². The number of nitrogens with two attached hydrogens (primary N) is 2. The molecule has 9 N–H and O–H groups in total. The summed E-state index contributed by atoms with van der Waals surface area (Å²) in [7, 11) is 1.59. The molecule has 9 saturated heterocycles. The zero-order valence-electron chi connectivity index (χ0n) is 47.0. The van der Waals surface area contributed by atoms with Crippen molar-refractivity contribution in [3.8, 4) is 0 Å². The van der Waals surface area contributed by atoms with Crippen LogP contribution in [0.5, 0.6) is 0 Å². The summed E-state index contributed by atoms with van der Waals surface area (Å²) in [5.41, 5.74) is 12.8. The number of aliphatic hydroxyl groups is 1. The summed E-state index contributed by atoms with van der Waals surface area (Å²) >= 11 is 0. The van der Waals surface area contributed by atoms with Crippen molar-refractivity contribution in [2.45, 2.75) is 239 Å². The van der Waals surface area contributed by atoms with Gasteiger partial charge >= 0.3 is 12.1 Å². The third kappa shape index (κ3) is 12.3. The highest BCUT2D eigenvalue weighted by molar-refractivity contribution is 5.98. The number of amides is 5. The van der Waals surface area contributed by atoms with Gasteiger partial charge in [0.2, 0.25) is 17.5 Å². The van der Waals surface area contributed by atoms with Crippen LogP contribution >= 0.6 is 0 Å². The van der Waals surface area contributed by atoms with Gasteiger partial charge in [0.25, 0.3) is 0 Å². The van der Waals surface area contributed by atoms with E-state index in [0.29, 0.717) is 49.8 Å². The van der Waals surface area contributed by atoms with E-state index in [-0.39, 0.29) is 99.6 Å². The summed E-state index contributed by atoms with van der Waals surface area (Å²) in [6, 6.07) is 4.17. The van der Waals surface area contributed by atoms with Gasteiger partial charge in [-0.2, -0.15) is 0 Å². The molecule has 1 aromatic carbocycles. The number of alkyl carbamates (subject to hydrolysis) is 1. The first-order valence-corrected chi connectivity index (χ1v) is 29.6. The van der Waals surface area contributed by atoms with Gasteiger partial charge < -0.3 is 85.2 Å². The molecule has 23 nitrogen and oxygen atoms in total. The average Bonchev–Trinajstić information content (AvgIpc) is 3.61. The summed E-state index contributed by atoms with van der Waals surface area (Å²) in [5, 5.41) is 22.1. The number of carbonyl (C=O) groups excluding carboxylic acids is 5. The number of aliphatic imine (C=N–C) groups is 1. The number of fused-ring (bicyclic) bond motifs is 5. The number of primary amides is 1. The van der Waals surface area contributed by atoms with Gasteiger partial charge in [0.1, 0.15) is 49.0 Å². The van der Waals surface area contributed by atoms with E-state index in [9.17, 15) is 29.1 Å². The summed E-state index contributed by atoms with van der Waals surface area (Å²) in [5.74, 6) is -2.49. The number of anilines is 1. The number of carbonyl (C=O) groups is 5. The van der Waals surface area contributed by atoms with Crippen molar-refractivity contribution in [1.82, 2.24) is 16.0 Å². The van der Waals surface area contributed by atoms with Gasteiger partial charge in [-0.1, -0.05) is 39.5 Å². The van der Waals surface area contributed by atoms with Gasteiger partial charge in [0.05, 0.1) is 67.1 Å². The van der Waals surface area contributed by atoms with Crippen LogP contribution in [0.4, 0.5) is 15.3 Å². The van der Waals surface area contributed by atoms with Gasteiger partial charge in [0.15, 0.2) is 5.79 Å². The first-order chi connectivity index (χ1) is 38.9. The number of Topliss-reactive ketones (excluding diaryl/α,β-unsaturated/α-hetero) is 1. The fourth-order valence-electron chi connectivity index (χ4n) is 14.5. The van der Waals surface area contributed by atoms with Crippen molar-refractivity contribution < 1.29 is 76.4 Å². The largest absolute Gasteiger partial charge is 0.445 e. The number of rotatable bonds is 16. The summed E-state index contributed by atoms with van der Waals surface area (Å²) in [6.45, 7) is 10.2. The second-order valence-electron chi connectivity index (χ2n) is 24.7. The van der Waals surface area contributed by atoms with Crippen LogP contribution in [0.25, 0.3) is 0 Å². The maximum absolute atomic E-state index is 14.5. The molecule has 0 aromatic heterocycles. The first-order valence-electron chi connectivity index (χ1n) is 29.6. The third-order valence-corrected chi connectivity index (χ3v) is 18.6. The fraction of sp³-hybridized carbons (Fsp3) is 0.759. The van der Waals surface area contributed by atoms with Crippen LogP contribution in [0.15, 0.2) is 41.4 Å². The quantitative estimate of drug-likeness (QED) is 0.0920. The van der Waals surface area contributed by atoms with Crippen LogP contribution in [0, 0.1) is 17.8 Å². The Bertz CT molecular complexity index is 2540. The molecule has 13 rings (SSSR count). The minimum atomic E-state index is -1.34. The molecule has 0 saturated carbocycles. The van der Waals surface area contributed by atoms with E-state index in [2.05, 4.69) is 34.8 Å². The molecule has 12 heterocycles. The molecule has 12 aliphatic rings. The van der Waals surface area contributed by atoms with Crippen molar-refractivity contribution in [3.63, 3.8) is 0 Å². The number of urea groups is 1. The van der Waals surface area contributed by atoms with Crippen molar-refractivity contribution in [3.05, 3.63) is 42.0 Å². The van der Waals surface area contributed by atoms with E-state index in [4.69, 9.17) is 63.8 Å². The number of hydrogen-bond acceptors (Lipinski definition) is 18. The number of methoxy groups -OCH3 is 1. The van der Waals surface area contributed by atoms with Crippen LogP contribution < -0.4 is 32.7 Å². The number of benzene rings is 1. The Morgan fingerprint density at radius 1 is 0.864 bits per heavy atom. The van der Waals surface area contributed by atoms with Crippen LogP contribution in [0.2, 0.25) is 0 Å². The van der Waals surface area contributed by atoms with E-state index in [1.807, 2.05) is 0 Å². The normalized spacial score (nSPS) is 40.2. The number of ketones is 1. The van der Waals surface area contributed by atoms with E-state index in [0.717, 1.165) is 43.4 Å². The van der Waals surface area contributed by atoms with E-state index < -0.39 is 108 Å². The van der Waals surface area contributed by atoms with Crippen LogP contribution in [-0.4, -0.2) is 176 Å². The molecule has 0 radical (unpaired) electrons. The number of nitrogens with zero attached hydrogens (tertiary/aromatic N) is 1. The minimum Gasteiger partial charge on any atom is -0.445 e. The molecule has 446 valence electrons. The molecular weight excluding hydrogens is 1050 g/mol. The van der Waals surface area contributed by atoms with Crippen LogP contribution in [-0.2, 0) is 68.4 Å². The van der Waals surface area contributed by atoms with Gasteiger partial charge in [-0.05, 0) is 92.9 Å². The maximum Gasteiger partial charge on any atom is 0.407 e. The molecule has 1 aromatic rings. The highest BCUT2D eigenvalue weighted by atomic mass is 16.8. The predicted molar refractivity (Wildman–Crippen MR) is 289 cm³/mol. The summed E-state index contributed by atoms with van der Waals surface area (Å²) < 4.78 is 68.0. The number of nitrogens with one attached hydrogen (secondary N) is 4. The van der Waals surface area contributed by atoms with E-state index in [1.54, 1.807) is 45.2 Å². The van der Waals surface area contributed by atoms with Gasteiger partial charge in [-0.25, -0.2) is 9.59 Å². The van der Waals surface area contributed by atoms with Crippen LogP contribution in [0.1, 0.15) is 123 Å². The maximum atomic E-state index is 14.5. The molecule has 2 unspecified atom stereocenters. The van der Waals surface area contributed by atoms with E-state index >= 15 is 0 Å². The monoisotopic (exact) mass is 1130 g/mol. The lowest BCUT2D eigenvalue weighted by molar-refractivity contribution is -0.330. The molecule has 21 atom stereocenters. The Morgan fingerprint density at radius 3 is 2.43 bits per heavy atom. The minimum absolute atomic E-state index is 0.00166. The fourth-order valence-corrected chi connectivity index (χ4v) is 14.5. The van der Waals surface area contributed by atoms with Gasteiger partial charge in [-0.15, -0.1) is 0 Å². The van der Waals surface area contributed by atoms with Crippen molar-refractivity contribution in [2.75, 3.05) is 25.5 Å². The molecule has 5 amide bonds. The highest BCUT2D eigenvalue weighted by Gasteiger charge is 2.73. The molecule has 81 heavy (non-hydrogen) atoms. The molecule has 13 bridgehead atoms. The molecular formula is C58H83N7O16. The Labute approximate surface area is 472 Å². The number of ether oxygens (including phenoxy) is 10. The Kier molecular flexibility index (Phi) is 17.3. The predicted octanol–water partition coefficient (Wildman–Crippen LogP) is 3.49. The summed E-state index contributed by atoms with van der Waals surface area (Å²) in [6.07, 6.45) is 0.122. The van der Waals surface area contributed by atoms with Crippen molar-refractivity contribution in [2.24, 2.45) is 34.2 Å². The first kappa shape index (κ1) is 58.1. The molecule has 23 heteroatoms. The third-order valence-electron chi connectivity index (χ3n) is 18.6.